The van der Waals surface area contributed by atoms with Gasteiger partial charge in [0.2, 0.25) is 11.8 Å². The molecular formula is C22H25ClN2O2. The van der Waals surface area contributed by atoms with Crippen molar-refractivity contribution >= 4 is 34.8 Å². The van der Waals surface area contributed by atoms with Gasteiger partial charge in [-0.2, -0.15) is 0 Å². The van der Waals surface area contributed by atoms with Crippen molar-refractivity contribution in [1.82, 2.24) is 0 Å². The van der Waals surface area contributed by atoms with Gasteiger partial charge in [0.15, 0.2) is 0 Å². The van der Waals surface area contributed by atoms with E-state index in [0.29, 0.717) is 11.6 Å². The maximum Gasteiger partial charge on any atom is 0.229 e. The highest BCUT2D eigenvalue weighted by atomic mass is 35.5. The van der Waals surface area contributed by atoms with Gasteiger partial charge in [0.25, 0.3) is 0 Å². The molecule has 0 aromatic heterocycles. The molecule has 1 aliphatic rings. The molecule has 2 aromatic carbocycles. The number of carbonyl (C=O) groups is 2. The van der Waals surface area contributed by atoms with Crippen LogP contribution in [0.2, 0.25) is 5.02 Å². The van der Waals surface area contributed by atoms with Crippen LogP contribution in [0, 0.1) is 12.8 Å². The summed E-state index contributed by atoms with van der Waals surface area (Å²) in [7, 11) is 0. The Balaban J connectivity index is 1.70. The molecule has 2 aromatic rings. The summed E-state index contributed by atoms with van der Waals surface area (Å²) >= 11 is 6.17. The second-order valence-corrected chi connectivity index (χ2v) is 8.51. The van der Waals surface area contributed by atoms with Crippen LogP contribution in [0.15, 0.2) is 42.5 Å². The van der Waals surface area contributed by atoms with E-state index in [1.807, 2.05) is 43.3 Å². The Morgan fingerprint density at radius 2 is 1.81 bits per heavy atom. The van der Waals surface area contributed by atoms with Crippen molar-refractivity contribution in [2.75, 3.05) is 16.8 Å². The first-order valence-electron chi connectivity index (χ1n) is 9.13. The molecule has 1 atom stereocenters. The molecule has 1 fully saturated rings. The van der Waals surface area contributed by atoms with E-state index >= 15 is 0 Å². The zero-order chi connectivity index (χ0) is 19.8. The number of carbonyl (C=O) groups excluding carboxylic acids is 2. The predicted molar refractivity (Wildman–Crippen MR) is 110 cm³/mol. The number of halogens is 1. The summed E-state index contributed by atoms with van der Waals surface area (Å²) in [6, 6.07) is 13.4. The molecule has 0 unspecified atom stereocenters. The Labute approximate surface area is 165 Å². The minimum atomic E-state index is -0.377. The van der Waals surface area contributed by atoms with Crippen molar-refractivity contribution < 1.29 is 9.59 Å². The van der Waals surface area contributed by atoms with Gasteiger partial charge in [-0.3, -0.25) is 9.59 Å². The largest absolute Gasteiger partial charge is 0.326 e. The van der Waals surface area contributed by atoms with Crippen LogP contribution >= 0.6 is 11.6 Å². The lowest BCUT2D eigenvalue weighted by Crippen LogP contribution is -2.28. The minimum Gasteiger partial charge on any atom is -0.326 e. The van der Waals surface area contributed by atoms with Crippen LogP contribution in [0.25, 0.3) is 0 Å². The normalized spacial score (nSPS) is 17.3. The molecule has 0 spiro atoms. The van der Waals surface area contributed by atoms with Crippen LogP contribution in [0.5, 0.6) is 0 Å². The third-order valence-electron chi connectivity index (χ3n) is 5.04. The summed E-state index contributed by atoms with van der Waals surface area (Å²) in [4.78, 5) is 26.8. The quantitative estimate of drug-likeness (QED) is 0.814. The molecule has 5 heteroatoms. The van der Waals surface area contributed by atoms with Crippen molar-refractivity contribution in [2.45, 2.75) is 39.5 Å². The molecule has 1 N–H and O–H groups in total. The van der Waals surface area contributed by atoms with Crippen molar-refractivity contribution in [3.8, 4) is 0 Å². The van der Waals surface area contributed by atoms with Crippen LogP contribution in [0.3, 0.4) is 0 Å². The summed E-state index contributed by atoms with van der Waals surface area (Å²) in [5.74, 6) is -0.559. The lowest BCUT2D eigenvalue weighted by Gasteiger charge is -2.20. The van der Waals surface area contributed by atoms with Crippen molar-refractivity contribution in [3.63, 3.8) is 0 Å². The Morgan fingerprint density at radius 1 is 1.15 bits per heavy atom. The van der Waals surface area contributed by atoms with E-state index in [-0.39, 0.29) is 29.6 Å². The molecule has 0 aliphatic carbocycles. The van der Waals surface area contributed by atoms with Gasteiger partial charge in [0, 0.05) is 29.4 Å². The molecule has 1 saturated heterocycles. The fourth-order valence-electron chi connectivity index (χ4n) is 3.30. The standard InChI is InChI=1S/C22H25ClN2O2/c1-14-18(23)6-5-7-19(14)25-13-15(12-20(25)26)21(27)24-17-10-8-16(9-11-17)22(2,3)4/h5-11,15H,12-13H2,1-4H3,(H,24,27)/t15-/m0/s1. The highest BCUT2D eigenvalue weighted by Gasteiger charge is 2.35. The molecule has 0 saturated carbocycles. The summed E-state index contributed by atoms with van der Waals surface area (Å²) in [6.07, 6.45) is 0.206. The molecule has 27 heavy (non-hydrogen) atoms. The number of hydrogen-bond donors (Lipinski definition) is 1. The number of hydrogen-bond acceptors (Lipinski definition) is 2. The molecule has 1 heterocycles. The fraction of sp³-hybridized carbons (Fsp3) is 0.364. The van der Waals surface area contributed by atoms with Crippen molar-refractivity contribution in [1.29, 1.82) is 0 Å². The number of nitrogens with one attached hydrogen (secondary N) is 1. The second-order valence-electron chi connectivity index (χ2n) is 8.11. The second kappa shape index (κ2) is 7.35. The monoisotopic (exact) mass is 384 g/mol. The third-order valence-corrected chi connectivity index (χ3v) is 5.45. The number of amides is 2. The summed E-state index contributed by atoms with van der Waals surface area (Å²) < 4.78 is 0. The Bertz CT molecular complexity index is 869. The number of rotatable bonds is 3. The van der Waals surface area contributed by atoms with Gasteiger partial charge in [-0.15, -0.1) is 0 Å². The van der Waals surface area contributed by atoms with Gasteiger partial charge in [-0.1, -0.05) is 50.6 Å². The lowest BCUT2D eigenvalue weighted by molar-refractivity contribution is -0.122. The van der Waals surface area contributed by atoms with Crippen LogP contribution in [0.1, 0.15) is 38.3 Å². The van der Waals surface area contributed by atoms with Crippen LogP contribution in [-0.4, -0.2) is 18.4 Å². The maximum absolute atomic E-state index is 12.7. The number of benzene rings is 2. The van der Waals surface area contributed by atoms with E-state index in [4.69, 9.17) is 11.6 Å². The van der Waals surface area contributed by atoms with Gasteiger partial charge in [0.1, 0.15) is 0 Å². The van der Waals surface area contributed by atoms with Crippen LogP contribution in [-0.2, 0) is 15.0 Å². The van der Waals surface area contributed by atoms with E-state index in [1.54, 1.807) is 11.0 Å². The smallest absolute Gasteiger partial charge is 0.229 e. The van der Waals surface area contributed by atoms with Crippen LogP contribution < -0.4 is 10.2 Å². The number of nitrogens with zero attached hydrogens (tertiary/aromatic N) is 1. The first-order chi connectivity index (χ1) is 12.7. The van der Waals surface area contributed by atoms with Crippen molar-refractivity contribution in [3.05, 3.63) is 58.6 Å². The molecular weight excluding hydrogens is 360 g/mol. The average Bonchev–Trinajstić information content (AvgIpc) is 2.99. The lowest BCUT2D eigenvalue weighted by atomic mass is 9.87. The zero-order valence-corrected chi connectivity index (χ0v) is 16.9. The maximum atomic E-state index is 12.7. The average molecular weight is 385 g/mol. The summed E-state index contributed by atoms with van der Waals surface area (Å²) in [5.41, 5.74) is 3.65. The molecule has 0 radical (unpaired) electrons. The molecule has 3 rings (SSSR count). The molecule has 1 aliphatic heterocycles. The summed E-state index contributed by atoms with van der Waals surface area (Å²) in [6.45, 7) is 8.70. The van der Waals surface area contributed by atoms with E-state index in [2.05, 4.69) is 26.1 Å². The van der Waals surface area contributed by atoms with E-state index in [0.717, 1.165) is 16.9 Å². The SMILES string of the molecule is Cc1c(Cl)cccc1N1C[C@@H](C(=O)Nc2ccc(C(C)(C)C)cc2)CC1=O. The van der Waals surface area contributed by atoms with Crippen LogP contribution in [0.4, 0.5) is 11.4 Å². The number of anilines is 2. The topological polar surface area (TPSA) is 49.4 Å². The van der Waals surface area contributed by atoms with Gasteiger partial charge >= 0.3 is 0 Å². The van der Waals surface area contributed by atoms with Gasteiger partial charge < -0.3 is 10.2 Å². The van der Waals surface area contributed by atoms with Gasteiger partial charge in [-0.05, 0) is 47.7 Å². The molecule has 142 valence electrons. The van der Waals surface area contributed by atoms with Gasteiger partial charge in [-0.25, -0.2) is 0 Å². The zero-order valence-electron chi connectivity index (χ0n) is 16.2. The van der Waals surface area contributed by atoms with E-state index < -0.39 is 0 Å². The molecule has 4 nitrogen and oxygen atoms in total. The third kappa shape index (κ3) is 4.16. The Kier molecular flexibility index (Phi) is 5.29. The highest BCUT2D eigenvalue weighted by Crippen LogP contribution is 2.32. The van der Waals surface area contributed by atoms with E-state index in [1.165, 1.54) is 5.56 Å². The first kappa shape index (κ1) is 19.4. The summed E-state index contributed by atoms with van der Waals surface area (Å²) in [5, 5.41) is 3.55. The predicted octanol–water partition coefficient (Wildman–Crippen LogP) is 4.94. The highest BCUT2D eigenvalue weighted by molar-refractivity contribution is 6.31. The minimum absolute atomic E-state index is 0.0522. The van der Waals surface area contributed by atoms with E-state index in [9.17, 15) is 9.59 Å². The Morgan fingerprint density at radius 3 is 2.44 bits per heavy atom. The first-order valence-corrected chi connectivity index (χ1v) is 9.51. The fourth-order valence-corrected chi connectivity index (χ4v) is 3.47. The molecule has 2 amide bonds. The Hall–Kier alpha value is -2.33. The molecule has 0 bridgehead atoms. The van der Waals surface area contributed by atoms with Crippen molar-refractivity contribution in [2.24, 2.45) is 5.92 Å². The van der Waals surface area contributed by atoms with Gasteiger partial charge in [0.05, 0.1) is 5.92 Å².